The molecule has 2 aromatic rings. The van der Waals surface area contributed by atoms with Crippen molar-refractivity contribution in [2.75, 3.05) is 10.6 Å². The summed E-state index contributed by atoms with van der Waals surface area (Å²) in [4.78, 5) is 23.4. The summed E-state index contributed by atoms with van der Waals surface area (Å²) in [7, 11) is 0. The highest BCUT2D eigenvalue weighted by molar-refractivity contribution is 6.30. The van der Waals surface area contributed by atoms with Crippen LogP contribution in [0.2, 0.25) is 5.02 Å². The number of hydrogen-bond donors (Lipinski definition) is 2. The lowest BCUT2D eigenvalue weighted by Gasteiger charge is -2.07. The molecular formula is C15H12ClFN2O2. The van der Waals surface area contributed by atoms with Crippen LogP contribution >= 0.6 is 11.6 Å². The van der Waals surface area contributed by atoms with Crippen LogP contribution in [-0.4, -0.2) is 11.8 Å². The Morgan fingerprint density at radius 2 is 1.57 bits per heavy atom. The quantitative estimate of drug-likeness (QED) is 0.850. The SMILES string of the molecule is O=C(CC(=O)Nc1cccc(Cl)c1)Nc1ccc(F)cc1. The van der Waals surface area contributed by atoms with Gasteiger partial charge in [0.15, 0.2) is 0 Å². The van der Waals surface area contributed by atoms with E-state index in [4.69, 9.17) is 11.6 Å². The number of halogens is 2. The maximum absolute atomic E-state index is 12.7. The topological polar surface area (TPSA) is 58.2 Å². The molecule has 0 aliphatic heterocycles. The second kappa shape index (κ2) is 6.85. The number of anilines is 2. The molecule has 0 unspecified atom stereocenters. The van der Waals surface area contributed by atoms with Crippen molar-refractivity contribution < 1.29 is 14.0 Å². The van der Waals surface area contributed by atoms with Crippen LogP contribution in [0.25, 0.3) is 0 Å². The molecule has 0 aliphatic carbocycles. The monoisotopic (exact) mass is 306 g/mol. The summed E-state index contributed by atoms with van der Waals surface area (Å²) in [6.45, 7) is 0. The van der Waals surface area contributed by atoms with Crippen molar-refractivity contribution in [3.8, 4) is 0 Å². The number of carbonyl (C=O) groups is 2. The smallest absolute Gasteiger partial charge is 0.233 e. The minimum Gasteiger partial charge on any atom is -0.326 e. The molecule has 2 aromatic carbocycles. The van der Waals surface area contributed by atoms with Crippen molar-refractivity contribution in [1.82, 2.24) is 0 Å². The third-order valence-electron chi connectivity index (χ3n) is 2.56. The second-order valence-electron chi connectivity index (χ2n) is 4.29. The lowest BCUT2D eigenvalue weighted by molar-refractivity contribution is -0.123. The van der Waals surface area contributed by atoms with Gasteiger partial charge in [-0.15, -0.1) is 0 Å². The first-order chi connectivity index (χ1) is 10.0. The van der Waals surface area contributed by atoms with Crippen LogP contribution in [0.5, 0.6) is 0 Å². The average molecular weight is 307 g/mol. The predicted octanol–water partition coefficient (Wildman–Crippen LogP) is 3.45. The van der Waals surface area contributed by atoms with E-state index in [2.05, 4.69) is 10.6 Å². The summed E-state index contributed by atoms with van der Waals surface area (Å²) >= 11 is 5.79. The fraction of sp³-hybridized carbons (Fsp3) is 0.0667. The van der Waals surface area contributed by atoms with Crippen LogP contribution in [0.15, 0.2) is 48.5 Å². The third kappa shape index (κ3) is 4.89. The Labute approximate surface area is 125 Å². The van der Waals surface area contributed by atoms with Gasteiger partial charge in [0.1, 0.15) is 12.2 Å². The van der Waals surface area contributed by atoms with E-state index >= 15 is 0 Å². The second-order valence-corrected chi connectivity index (χ2v) is 4.73. The van der Waals surface area contributed by atoms with E-state index in [1.165, 1.54) is 24.3 Å². The predicted molar refractivity (Wildman–Crippen MR) is 79.7 cm³/mol. The molecule has 0 aliphatic rings. The van der Waals surface area contributed by atoms with E-state index in [9.17, 15) is 14.0 Å². The Kier molecular flexibility index (Phi) is 4.90. The average Bonchev–Trinajstić information content (AvgIpc) is 2.41. The lowest BCUT2D eigenvalue weighted by atomic mass is 10.2. The molecule has 2 amide bonds. The van der Waals surface area contributed by atoms with Gasteiger partial charge in [-0.25, -0.2) is 4.39 Å². The summed E-state index contributed by atoms with van der Waals surface area (Å²) in [6.07, 6.45) is -0.343. The Hall–Kier alpha value is -2.40. The number of benzene rings is 2. The maximum atomic E-state index is 12.7. The van der Waals surface area contributed by atoms with Gasteiger partial charge in [0.05, 0.1) is 0 Å². The largest absolute Gasteiger partial charge is 0.326 e. The number of hydrogen-bond acceptors (Lipinski definition) is 2. The zero-order valence-electron chi connectivity index (χ0n) is 10.9. The molecule has 0 fully saturated rings. The highest BCUT2D eigenvalue weighted by atomic mass is 35.5. The third-order valence-corrected chi connectivity index (χ3v) is 2.79. The highest BCUT2D eigenvalue weighted by Crippen LogP contribution is 2.15. The van der Waals surface area contributed by atoms with Gasteiger partial charge in [-0.3, -0.25) is 9.59 Å². The molecule has 0 heterocycles. The standard InChI is InChI=1S/C15H12ClFN2O2/c16-10-2-1-3-13(8-10)19-15(21)9-14(20)18-12-6-4-11(17)5-7-12/h1-8H,9H2,(H,18,20)(H,19,21). The Balaban J connectivity index is 1.87. The lowest BCUT2D eigenvalue weighted by Crippen LogP contribution is -2.21. The Bertz CT molecular complexity index is 659. The number of carbonyl (C=O) groups excluding carboxylic acids is 2. The summed E-state index contributed by atoms with van der Waals surface area (Å²) < 4.78 is 12.7. The van der Waals surface area contributed by atoms with Crippen LogP contribution in [0, 0.1) is 5.82 Å². The minimum atomic E-state index is -0.485. The van der Waals surface area contributed by atoms with Crippen molar-refractivity contribution >= 4 is 34.8 Å². The summed E-state index contributed by atoms with van der Waals surface area (Å²) in [5.41, 5.74) is 0.944. The first kappa shape index (κ1) is 15.0. The Morgan fingerprint density at radius 3 is 2.19 bits per heavy atom. The maximum Gasteiger partial charge on any atom is 0.233 e. The van der Waals surface area contributed by atoms with Crippen molar-refractivity contribution in [2.45, 2.75) is 6.42 Å². The van der Waals surface area contributed by atoms with E-state index in [0.717, 1.165) is 0 Å². The van der Waals surface area contributed by atoms with E-state index in [0.29, 0.717) is 16.4 Å². The number of rotatable bonds is 4. The molecule has 2 N–H and O–H groups in total. The van der Waals surface area contributed by atoms with Gasteiger partial charge in [0, 0.05) is 16.4 Å². The molecule has 2 rings (SSSR count). The Morgan fingerprint density at radius 1 is 0.952 bits per heavy atom. The molecule has 0 spiro atoms. The van der Waals surface area contributed by atoms with Crippen molar-refractivity contribution in [3.05, 3.63) is 59.4 Å². The normalized spacial score (nSPS) is 10.0. The van der Waals surface area contributed by atoms with Crippen molar-refractivity contribution in [2.24, 2.45) is 0 Å². The van der Waals surface area contributed by atoms with Gasteiger partial charge in [-0.05, 0) is 42.5 Å². The molecule has 4 nitrogen and oxygen atoms in total. The molecule has 0 aromatic heterocycles. The number of amides is 2. The van der Waals surface area contributed by atoms with Gasteiger partial charge in [0.25, 0.3) is 0 Å². The zero-order chi connectivity index (χ0) is 15.2. The van der Waals surface area contributed by atoms with Gasteiger partial charge in [-0.2, -0.15) is 0 Å². The van der Waals surface area contributed by atoms with Gasteiger partial charge < -0.3 is 10.6 Å². The minimum absolute atomic E-state index is 0.343. The van der Waals surface area contributed by atoms with Crippen molar-refractivity contribution in [1.29, 1.82) is 0 Å². The van der Waals surface area contributed by atoms with E-state index in [1.807, 2.05) is 0 Å². The first-order valence-corrected chi connectivity index (χ1v) is 6.51. The van der Waals surface area contributed by atoms with Gasteiger partial charge in [-0.1, -0.05) is 17.7 Å². The molecular weight excluding hydrogens is 295 g/mol. The first-order valence-electron chi connectivity index (χ1n) is 6.14. The molecule has 0 bridgehead atoms. The molecule has 108 valence electrons. The van der Waals surface area contributed by atoms with Crippen LogP contribution in [0.1, 0.15) is 6.42 Å². The molecule has 0 atom stereocenters. The van der Waals surface area contributed by atoms with Crippen LogP contribution in [0.3, 0.4) is 0 Å². The molecule has 6 heteroatoms. The van der Waals surface area contributed by atoms with Crippen LogP contribution in [0.4, 0.5) is 15.8 Å². The fourth-order valence-corrected chi connectivity index (χ4v) is 1.85. The fourth-order valence-electron chi connectivity index (χ4n) is 1.66. The van der Waals surface area contributed by atoms with Gasteiger partial charge >= 0.3 is 0 Å². The van der Waals surface area contributed by atoms with Crippen LogP contribution < -0.4 is 10.6 Å². The highest BCUT2D eigenvalue weighted by Gasteiger charge is 2.10. The van der Waals surface area contributed by atoms with Crippen LogP contribution in [-0.2, 0) is 9.59 Å². The molecule has 21 heavy (non-hydrogen) atoms. The molecule has 0 saturated carbocycles. The van der Waals surface area contributed by atoms with E-state index in [1.54, 1.807) is 24.3 Å². The number of nitrogens with one attached hydrogen (secondary N) is 2. The zero-order valence-corrected chi connectivity index (χ0v) is 11.7. The van der Waals surface area contributed by atoms with Gasteiger partial charge in [0.2, 0.25) is 11.8 Å². The van der Waals surface area contributed by atoms with Crippen molar-refractivity contribution in [3.63, 3.8) is 0 Å². The van der Waals surface area contributed by atoms with E-state index < -0.39 is 17.6 Å². The summed E-state index contributed by atoms with van der Waals surface area (Å²) in [5.74, 6) is -1.34. The molecule has 0 radical (unpaired) electrons. The summed E-state index contributed by atoms with van der Waals surface area (Å²) in [5, 5.41) is 5.56. The summed E-state index contributed by atoms with van der Waals surface area (Å²) in [6, 6.07) is 11.9. The van der Waals surface area contributed by atoms with E-state index in [-0.39, 0.29) is 6.42 Å². The molecule has 0 saturated heterocycles.